The molecule has 0 spiro atoms. The van der Waals surface area contributed by atoms with Crippen molar-refractivity contribution >= 4 is 0 Å². The first-order valence-corrected chi connectivity index (χ1v) is 7.45. The summed E-state index contributed by atoms with van der Waals surface area (Å²) in [6.45, 7) is 6.11. The van der Waals surface area contributed by atoms with Crippen LogP contribution in [0.15, 0.2) is 17.0 Å². The Labute approximate surface area is 129 Å². The third kappa shape index (κ3) is 3.70. The molecule has 0 amide bonds. The summed E-state index contributed by atoms with van der Waals surface area (Å²) in [5.74, 6) is 1.26. The van der Waals surface area contributed by atoms with Gasteiger partial charge in [-0.25, -0.2) is 4.98 Å². The number of hydrogen-bond acceptors (Lipinski definition) is 7. The van der Waals surface area contributed by atoms with Crippen LogP contribution in [-0.4, -0.2) is 62.8 Å². The Morgan fingerprint density at radius 2 is 1.91 bits per heavy atom. The van der Waals surface area contributed by atoms with Gasteiger partial charge in [-0.2, -0.15) is 4.98 Å². The highest BCUT2D eigenvalue weighted by atomic mass is 16.5. The number of aryl methyl sites for hydroxylation is 1. The zero-order chi connectivity index (χ0) is 15.4. The van der Waals surface area contributed by atoms with E-state index >= 15 is 0 Å². The van der Waals surface area contributed by atoms with Crippen LogP contribution in [-0.2, 0) is 31.5 Å². The second-order valence-electron chi connectivity index (χ2n) is 5.59. The van der Waals surface area contributed by atoms with E-state index in [4.69, 9.17) is 9.26 Å². The Morgan fingerprint density at radius 3 is 2.55 bits per heavy atom. The van der Waals surface area contributed by atoms with Gasteiger partial charge in [0.1, 0.15) is 6.61 Å². The van der Waals surface area contributed by atoms with Gasteiger partial charge in [0.15, 0.2) is 5.82 Å². The van der Waals surface area contributed by atoms with E-state index < -0.39 is 0 Å². The SMILES string of the molecule is COCc1noc(CN2CCN(Cc3cncn3C)CC2)n1. The summed E-state index contributed by atoms with van der Waals surface area (Å²) in [5.41, 5.74) is 1.24. The van der Waals surface area contributed by atoms with E-state index in [-0.39, 0.29) is 0 Å². The fraction of sp³-hybridized carbons (Fsp3) is 0.643. The Bertz CT molecular complexity index is 588. The van der Waals surface area contributed by atoms with E-state index in [0.29, 0.717) is 24.9 Å². The summed E-state index contributed by atoms with van der Waals surface area (Å²) in [7, 11) is 3.66. The fourth-order valence-electron chi connectivity index (χ4n) is 2.60. The maximum absolute atomic E-state index is 5.24. The predicted molar refractivity (Wildman–Crippen MR) is 78.8 cm³/mol. The highest BCUT2D eigenvalue weighted by Gasteiger charge is 2.19. The van der Waals surface area contributed by atoms with Crippen molar-refractivity contribution in [3.63, 3.8) is 0 Å². The van der Waals surface area contributed by atoms with Gasteiger partial charge < -0.3 is 13.8 Å². The van der Waals surface area contributed by atoms with Crippen LogP contribution >= 0.6 is 0 Å². The van der Waals surface area contributed by atoms with Crippen LogP contribution in [0.5, 0.6) is 0 Å². The minimum Gasteiger partial charge on any atom is -0.377 e. The van der Waals surface area contributed by atoms with Crippen LogP contribution in [0.2, 0.25) is 0 Å². The summed E-state index contributed by atoms with van der Waals surface area (Å²) in [6, 6.07) is 0. The molecule has 2 aromatic heterocycles. The first-order valence-electron chi connectivity index (χ1n) is 7.45. The molecule has 8 nitrogen and oxygen atoms in total. The number of ether oxygens (including phenoxy) is 1. The third-order valence-electron chi connectivity index (χ3n) is 3.91. The first-order chi connectivity index (χ1) is 10.7. The average Bonchev–Trinajstić information content (AvgIpc) is 3.12. The quantitative estimate of drug-likeness (QED) is 0.758. The van der Waals surface area contributed by atoms with Crippen LogP contribution in [0.25, 0.3) is 0 Å². The smallest absolute Gasteiger partial charge is 0.240 e. The van der Waals surface area contributed by atoms with Crippen LogP contribution in [0, 0.1) is 0 Å². The van der Waals surface area contributed by atoms with Gasteiger partial charge in [-0.1, -0.05) is 5.16 Å². The van der Waals surface area contributed by atoms with Crippen molar-refractivity contribution in [3.8, 4) is 0 Å². The highest BCUT2D eigenvalue weighted by molar-refractivity contribution is 4.97. The number of imidazole rings is 1. The third-order valence-corrected chi connectivity index (χ3v) is 3.91. The molecule has 0 unspecified atom stereocenters. The Balaban J connectivity index is 1.46. The minimum absolute atomic E-state index is 0.391. The summed E-state index contributed by atoms with van der Waals surface area (Å²) in [5, 5.41) is 3.89. The lowest BCUT2D eigenvalue weighted by molar-refractivity contribution is 0.110. The van der Waals surface area contributed by atoms with Crippen molar-refractivity contribution in [2.24, 2.45) is 7.05 Å². The van der Waals surface area contributed by atoms with E-state index in [1.54, 1.807) is 7.11 Å². The van der Waals surface area contributed by atoms with Crippen LogP contribution in [0.3, 0.4) is 0 Å². The van der Waals surface area contributed by atoms with Crippen LogP contribution < -0.4 is 0 Å². The lowest BCUT2D eigenvalue weighted by Gasteiger charge is -2.33. The number of hydrogen-bond donors (Lipinski definition) is 0. The molecule has 0 N–H and O–H groups in total. The molecule has 0 aliphatic carbocycles. The molecule has 0 bridgehead atoms. The van der Waals surface area contributed by atoms with Gasteiger partial charge in [0, 0.05) is 53.1 Å². The molecule has 1 aliphatic rings. The van der Waals surface area contributed by atoms with Crippen LogP contribution in [0.4, 0.5) is 0 Å². The molecule has 0 atom stereocenters. The molecule has 120 valence electrons. The van der Waals surface area contributed by atoms with Gasteiger partial charge in [-0.05, 0) is 0 Å². The van der Waals surface area contributed by atoms with Crippen molar-refractivity contribution in [2.45, 2.75) is 19.7 Å². The first kappa shape index (κ1) is 15.1. The highest BCUT2D eigenvalue weighted by Crippen LogP contribution is 2.10. The molecule has 1 saturated heterocycles. The van der Waals surface area contributed by atoms with Gasteiger partial charge in [0.2, 0.25) is 5.89 Å². The summed E-state index contributed by atoms with van der Waals surface area (Å²) in [4.78, 5) is 13.3. The molecule has 0 saturated carbocycles. The van der Waals surface area contributed by atoms with Crippen molar-refractivity contribution < 1.29 is 9.26 Å². The van der Waals surface area contributed by atoms with Gasteiger partial charge in [0.25, 0.3) is 0 Å². The van der Waals surface area contributed by atoms with Crippen molar-refractivity contribution in [1.29, 1.82) is 0 Å². The molecule has 0 radical (unpaired) electrons. The topological polar surface area (TPSA) is 72.5 Å². The summed E-state index contributed by atoms with van der Waals surface area (Å²) in [6.07, 6.45) is 3.78. The normalized spacial score (nSPS) is 17.2. The molecule has 22 heavy (non-hydrogen) atoms. The zero-order valence-corrected chi connectivity index (χ0v) is 13.1. The van der Waals surface area contributed by atoms with E-state index in [2.05, 4.69) is 29.5 Å². The molecular formula is C14H22N6O2. The lowest BCUT2D eigenvalue weighted by atomic mass is 10.3. The van der Waals surface area contributed by atoms with E-state index in [9.17, 15) is 0 Å². The summed E-state index contributed by atoms with van der Waals surface area (Å²) >= 11 is 0. The van der Waals surface area contributed by atoms with Crippen LogP contribution in [0.1, 0.15) is 17.4 Å². The average molecular weight is 306 g/mol. The number of piperazine rings is 1. The molecule has 0 aromatic carbocycles. The maximum atomic E-state index is 5.24. The van der Waals surface area contributed by atoms with Gasteiger partial charge >= 0.3 is 0 Å². The van der Waals surface area contributed by atoms with Gasteiger partial charge in [-0.15, -0.1) is 0 Å². The summed E-state index contributed by atoms with van der Waals surface area (Å²) < 4.78 is 12.3. The number of aromatic nitrogens is 4. The minimum atomic E-state index is 0.391. The van der Waals surface area contributed by atoms with Gasteiger partial charge in [0.05, 0.1) is 18.6 Å². The molecule has 2 aromatic rings. The maximum Gasteiger partial charge on any atom is 0.240 e. The number of methoxy groups -OCH3 is 1. The van der Waals surface area contributed by atoms with Crippen molar-refractivity contribution in [3.05, 3.63) is 29.9 Å². The van der Waals surface area contributed by atoms with E-state index in [1.807, 2.05) is 19.6 Å². The Morgan fingerprint density at radius 1 is 1.18 bits per heavy atom. The fourth-order valence-corrected chi connectivity index (χ4v) is 2.60. The second-order valence-corrected chi connectivity index (χ2v) is 5.59. The second kappa shape index (κ2) is 6.99. The van der Waals surface area contributed by atoms with E-state index in [1.165, 1.54) is 5.69 Å². The largest absolute Gasteiger partial charge is 0.377 e. The standard InChI is InChI=1S/C14H22N6O2/c1-18-11-15-7-12(18)8-19-3-5-20(6-4-19)9-14-16-13(10-21-2)17-22-14/h7,11H,3-6,8-10H2,1-2H3. The van der Waals surface area contributed by atoms with Crippen molar-refractivity contribution in [1.82, 2.24) is 29.5 Å². The molecule has 1 fully saturated rings. The Hall–Kier alpha value is -1.77. The molecular weight excluding hydrogens is 284 g/mol. The van der Waals surface area contributed by atoms with E-state index in [0.717, 1.165) is 32.7 Å². The number of rotatable bonds is 6. The van der Waals surface area contributed by atoms with Gasteiger partial charge in [-0.3, -0.25) is 9.80 Å². The molecule has 3 rings (SSSR count). The monoisotopic (exact) mass is 306 g/mol. The predicted octanol–water partition coefficient (Wildman–Crippen LogP) is 0.267. The molecule has 8 heteroatoms. The van der Waals surface area contributed by atoms with Crippen molar-refractivity contribution in [2.75, 3.05) is 33.3 Å². The zero-order valence-electron chi connectivity index (χ0n) is 13.1. The molecule has 3 heterocycles. The lowest BCUT2D eigenvalue weighted by Crippen LogP contribution is -2.45. The molecule has 1 aliphatic heterocycles. The number of nitrogens with zero attached hydrogens (tertiary/aromatic N) is 6. The Kier molecular flexibility index (Phi) is 4.81.